The lowest BCUT2D eigenvalue weighted by Crippen LogP contribution is -1.93. The molecule has 0 bridgehead atoms. The molecule has 0 saturated heterocycles. The van der Waals surface area contributed by atoms with Crippen LogP contribution in [0.1, 0.15) is 11.4 Å². The number of nitrogens with zero attached hydrogens (tertiary/aromatic N) is 2. The van der Waals surface area contributed by atoms with Crippen LogP contribution >= 0.6 is 0 Å². The van der Waals surface area contributed by atoms with Crippen LogP contribution in [-0.4, -0.2) is 10.1 Å². The van der Waals surface area contributed by atoms with Gasteiger partial charge >= 0.3 is 6.01 Å². The van der Waals surface area contributed by atoms with Gasteiger partial charge in [-0.2, -0.15) is 4.98 Å². The topological polar surface area (TPSA) is 64.9 Å². The monoisotopic (exact) mass is 211 g/mol. The normalized spacial score (nSPS) is 10.5. The Hall–Kier alpha value is -1.98. The van der Waals surface area contributed by atoms with Crippen molar-refractivity contribution in [1.82, 2.24) is 10.1 Å². The molecular formula is C9H7F2N3O. The molecule has 2 aromatic rings. The Morgan fingerprint density at radius 1 is 1.20 bits per heavy atom. The predicted octanol–water partition coefficient (Wildman–Crippen LogP) is 1.52. The summed E-state index contributed by atoms with van der Waals surface area (Å²) in [4.78, 5) is 3.72. The van der Waals surface area contributed by atoms with Gasteiger partial charge in [-0.1, -0.05) is 5.16 Å². The molecule has 0 aliphatic carbocycles. The number of anilines is 1. The maximum Gasteiger partial charge on any atom is 0.318 e. The largest absolute Gasteiger partial charge is 0.351 e. The Balaban J connectivity index is 2.24. The summed E-state index contributed by atoms with van der Waals surface area (Å²) in [7, 11) is 0. The summed E-state index contributed by atoms with van der Waals surface area (Å²) >= 11 is 0. The average Bonchev–Trinajstić information content (AvgIpc) is 2.49. The van der Waals surface area contributed by atoms with Gasteiger partial charge in [0.15, 0.2) is 5.82 Å². The van der Waals surface area contributed by atoms with E-state index in [1.165, 1.54) is 12.1 Å². The third kappa shape index (κ3) is 2.28. The molecule has 15 heavy (non-hydrogen) atoms. The van der Waals surface area contributed by atoms with Crippen LogP contribution in [0.5, 0.6) is 0 Å². The fourth-order valence-corrected chi connectivity index (χ4v) is 1.23. The molecule has 0 unspecified atom stereocenters. The van der Waals surface area contributed by atoms with Crippen molar-refractivity contribution in [3.8, 4) is 0 Å². The van der Waals surface area contributed by atoms with Crippen LogP contribution in [-0.2, 0) is 6.42 Å². The number of aromatic nitrogens is 2. The van der Waals surface area contributed by atoms with E-state index in [2.05, 4.69) is 14.7 Å². The van der Waals surface area contributed by atoms with E-state index in [0.29, 0.717) is 5.56 Å². The van der Waals surface area contributed by atoms with E-state index in [-0.39, 0.29) is 18.3 Å². The first-order valence-electron chi connectivity index (χ1n) is 4.16. The molecule has 0 atom stereocenters. The van der Waals surface area contributed by atoms with Gasteiger partial charge in [0.2, 0.25) is 0 Å². The summed E-state index contributed by atoms with van der Waals surface area (Å²) < 4.78 is 30.1. The van der Waals surface area contributed by atoms with Crippen LogP contribution in [0, 0.1) is 11.6 Å². The number of hydrogen-bond acceptors (Lipinski definition) is 4. The lowest BCUT2D eigenvalue weighted by atomic mass is 10.1. The highest BCUT2D eigenvalue weighted by Crippen LogP contribution is 2.11. The second kappa shape index (κ2) is 3.64. The highest BCUT2D eigenvalue weighted by atomic mass is 19.1. The van der Waals surface area contributed by atoms with Gasteiger partial charge in [0.25, 0.3) is 0 Å². The fraction of sp³-hybridized carbons (Fsp3) is 0.111. The third-order valence-electron chi connectivity index (χ3n) is 1.77. The molecule has 0 fully saturated rings. The van der Waals surface area contributed by atoms with Gasteiger partial charge in [-0.15, -0.1) is 0 Å². The molecule has 0 saturated carbocycles. The Morgan fingerprint density at radius 2 is 1.87 bits per heavy atom. The summed E-state index contributed by atoms with van der Waals surface area (Å²) in [6.45, 7) is 0. The average molecular weight is 211 g/mol. The van der Waals surface area contributed by atoms with Gasteiger partial charge < -0.3 is 10.3 Å². The van der Waals surface area contributed by atoms with E-state index < -0.39 is 11.6 Å². The zero-order valence-corrected chi connectivity index (χ0v) is 7.58. The molecule has 2 rings (SSSR count). The predicted molar refractivity (Wildman–Crippen MR) is 47.9 cm³/mol. The zero-order valence-electron chi connectivity index (χ0n) is 7.58. The summed E-state index contributed by atoms with van der Waals surface area (Å²) in [5, 5.41) is 3.51. The minimum Gasteiger partial charge on any atom is -0.351 e. The quantitative estimate of drug-likeness (QED) is 0.817. The highest BCUT2D eigenvalue weighted by molar-refractivity contribution is 5.22. The van der Waals surface area contributed by atoms with E-state index in [0.717, 1.165) is 6.07 Å². The Morgan fingerprint density at radius 3 is 2.40 bits per heavy atom. The smallest absolute Gasteiger partial charge is 0.318 e. The van der Waals surface area contributed by atoms with Gasteiger partial charge in [-0.05, 0) is 17.7 Å². The second-order valence-corrected chi connectivity index (χ2v) is 3.00. The molecule has 0 spiro atoms. The Bertz CT molecular complexity index is 464. The maximum absolute atomic E-state index is 12.8. The van der Waals surface area contributed by atoms with E-state index in [9.17, 15) is 8.78 Å². The van der Waals surface area contributed by atoms with Gasteiger partial charge in [-0.25, -0.2) is 8.78 Å². The van der Waals surface area contributed by atoms with Crippen LogP contribution in [0.25, 0.3) is 0 Å². The third-order valence-corrected chi connectivity index (χ3v) is 1.77. The van der Waals surface area contributed by atoms with Crippen LogP contribution in [0.2, 0.25) is 0 Å². The summed E-state index contributed by atoms with van der Waals surface area (Å²) in [6.07, 6.45) is 0.176. The zero-order chi connectivity index (χ0) is 10.8. The van der Waals surface area contributed by atoms with E-state index in [4.69, 9.17) is 5.73 Å². The molecule has 1 heterocycles. The summed E-state index contributed by atoms with van der Waals surface area (Å²) in [6, 6.07) is 3.14. The maximum atomic E-state index is 12.8. The number of benzene rings is 1. The minimum atomic E-state index is -0.638. The summed E-state index contributed by atoms with van der Waals surface area (Å²) in [5.74, 6) is -0.986. The molecule has 1 aromatic carbocycles. The molecular weight excluding hydrogens is 204 g/mol. The summed E-state index contributed by atoms with van der Waals surface area (Å²) in [5.41, 5.74) is 5.63. The lowest BCUT2D eigenvalue weighted by molar-refractivity contribution is 0.428. The highest BCUT2D eigenvalue weighted by Gasteiger charge is 2.06. The van der Waals surface area contributed by atoms with Crippen molar-refractivity contribution in [1.29, 1.82) is 0 Å². The van der Waals surface area contributed by atoms with Crippen LogP contribution in [0.15, 0.2) is 22.7 Å². The van der Waals surface area contributed by atoms with Crippen molar-refractivity contribution in [3.63, 3.8) is 0 Å². The number of halogens is 2. The number of nitrogen functional groups attached to an aromatic ring is 1. The van der Waals surface area contributed by atoms with Crippen molar-refractivity contribution < 1.29 is 13.3 Å². The van der Waals surface area contributed by atoms with Crippen molar-refractivity contribution >= 4 is 6.01 Å². The number of nitrogens with two attached hydrogens (primary N) is 1. The van der Waals surface area contributed by atoms with Gasteiger partial charge in [0.05, 0.1) is 0 Å². The first-order valence-corrected chi connectivity index (χ1v) is 4.16. The Kier molecular flexibility index (Phi) is 2.32. The first kappa shape index (κ1) is 9.57. The molecule has 2 N–H and O–H groups in total. The molecule has 6 heteroatoms. The van der Waals surface area contributed by atoms with Crippen molar-refractivity contribution in [2.75, 3.05) is 5.73 Å². The van der Waals surface area contributed by atoms with Crippen LogP contribution in [0.4, 0.5) is 14.8 Å². The van der Waals surface area contributed by atoms with Crippen molar-refractivity contribution in [2.45, 2.75) is 6.42 Å². The van der Waals surface area contributed by atoms with Gasteiger partial charge in [-0.3, -0.25) is 0 Å². The second-order valence-electron chi connectivity index (χ2n) is 3.00. The van der Waals surface area contributed by atoms with Crippen LogP contribution in [0.3, 0.4) is 0 Å². The molecule has 78 valence electrons. The minimum absolute atomic E-state index is 0.0677. The molecule has 0 aliphatic rings. The molecule has 1 aromatic heterocycles. The van der Waals surface area contributed by atoms with Crippen molar-refractivity contribution in [2.24, 2.45) is 0 Å². The van der Waals surface area contributed by atoms with E-state index in [1.807, 2.05) is 0 Å². The lowest BCUT2D eigenvalue weighted by Gasteiger charge is -1.97. The standard InChI is InChI=1S/C9H7F2N3O/c10-6-1-5(2-7(11)4-6)3-8-13-9(12)15-14-8/h1-2,4H,3H2,(H2,12,13,14). The number of hydrogen-bond donors (Lipinski definition) is 1. The Labute approximate surface area is 83.7 Å². The molecule has 4 nitrogen and oxygen atoms in total. The SMILES string of the molecule is Nc1nc(Cc2cc(F)cc(F)c2)no1. The fourth-order valence-electron chi connectivity index (χ4n) is 1.23. The van der Waals surface area contributed by atoms with E-state index >= 15 is 0 Å². The van der Waals surface area contributed by atoms with Crippen molar-refractivity contribution in [3.05, 3.63) is 41.2 Å². The first-order chi connectivity index (χ1) is 7.13. The van der Waals surface area contributed by atoms with Crippen LogP contribution < -0.4 is 5.73 Å². The van der Waals surface area contributed by atoms with Gasteiger partial charge in [0.1, 0.15) is 11.6 Å². The number of rotatable bonds is 2. The molecule has 0 radical (unpaired) electrons. The molecule has 0 aliphatic heterocycles. The van der Waals surface area contributed by atoms with E-state index in [1.54, 1.807) is 0 Å². The molecule has 0 amide bonds. The van der Waals surface area contributed by atoms with Gasteiger partial charge in [0, 0.05) is 12.5 Å².